The van der Waals surface area contributed by atoms with E-state index >= 15 is 0 Å². The summed E-state index contributed by atoms with van der Waals surface area (Å²) in [6.45, 7) is 6.43. The predicted molar refractivity (Wildman–Crippen MR) is 81.0 cm³/mol. The van der Waals surface area contributed by atoms with E-state index in [4.69, 9.17) is 0 Å². The van der Waals surface area contributed by atoms with Crippen LogP contribution in [-0.4, -0.2) is 21.9 Å². The summed E-state index contributed by atoms with van der Waals surface area (Å²) in [5.41, 5.74) is 1.78. The summed E-state index contributed by atoms with van der Waals surface area (Å²) in [5.74, 6) is -0.0892. The second kappa shape index (κ2) is 6.47. The molecular formula is C14H18N4OS. The van der Waals surface area contributed by atoms with Crippen molar-refractivity contribution in [2.24, 2.45) is 0 Å². The van der Waals surface area contributed by atoms with Gasteiger partial charge in [-0.2, -0.15) is 0 Å². The molecule has 20 heavy (non-hydrogen) atoms. The van der Waals surface area contributed by atoms with Crippen LogP contribution in [0.3, 0.4) is 0 Å². The maximum absolute atomic E-state index is 12.2. The van der Waals surface area contributed by atoms with Gasteiger partial charge in [0.2, 0.25) is 0 Å². The molecular weight excluding hydrogens is 272 g/mol. The van der Waals surface area contributed by atoms with Crippen molar-refractivity contribution in [1.29, 1.82) is 0 Å². The average molecular weight is 290 g/mol. The molecule has 2 aromatic rings. The highest BCUT2D eigenvalue weighted by molar-refractivity contribution is 7.17. The molecule has 0 saturated heterocycles. The zero-order chi connectivity index (χ0) is 14.5. The maximum Gasteiger partial charge on any atom is 0.263 e. The van der Waals surface area contributed by atoms with Gasteiger partial charge in [0.05, 0.1) is 5.69 Å². The Morgan fingerprint density at radius 1 is 1.35 bits per heavy atom. The molecule has 0 unspecified atom stereocenters. The molecule has 0 saturated carbocycles. The highest BCUT2D eigenvalue weighted by Gasteiger charge is 2.15. The Balaban J connectivity index is 2.00. The Morgan fingerprint density at radius 2 is 2.05 bits per heavy atom. The minimum absolute atomic E-state index is 0.0892. The number of hydrogen-bond acceptors (Lipinski definition) is 5. The fraction of sp³-hybridized carbons (Fsp3) is 0.357. The first-order chi connectivity index (χ1) is 9.56. The third-order valence-corrected chi connectivity index (χ3v) is 3.70. The number of carbonyl (C=O) groups excluding carboxylic acids is 1. The predicted octanol–water partition coefficient (Wildman–Crippen LogP) is 2.60. The van der Waals surface area contributed by atoms with E-state index in [0.717, 1.165) is 16.4 Å². The van der Waals surface area contributed by atoms with Gasteiger partial charge in [-0.15, -0.1) is 0 Å². The standard InChI is InChI=1S/C14H18N4OS/c1-9(2)17-14-18-10(3)12(20-14)13(19)16-8-11-4-6-15-7-5-11/h4-7,9H,8H2,1-3H3,(H,16,19)(H,17,18). The largest absolute Gasteiger partial charge is 0.359 e. The summed E-state index contributed by atoms with van der Waals surface area (Å²) < 4.78 is 0. The van der Waals surface area contributed by atoms with Gasteiger partial charge in [0.25, 0.3) is 5.91 Å². The van der Waals surface area contributed by atoms with E-state index in [2.05, 4.69) is 20.6 Å². The Hall–Kier alpha value is -1.95. The minimum Gasteiger partial charge on any atom is -0.359 e. The summed E-state index contributed by atoms with van der Waals surface area (Å²) in [4.78, 5) is 21.1. The van der Waals surface area contributed by atoms with E-state index in [1.54, 1.807) is 12.4 Å². The van der Waals surface area contributed by atoms with Crippen LogP contribution < -0.4 is 10.6 Å². The van der Waals surface area contributed by atoms with Crippen molar-refractivity contribution in [3.05, 3.63) is 40.7 Å². The fourth-order valence-electron chi connectivity index (χ4n) is 1.68. The van der Waals surface area contributed by atoms with Gasteiger partial charge in [-0.3, -0.25) is 9.78 Å². The lowest BCUT2D eigenvalue weighted by atomic mass is 10.2. The van der Waals surface area contributed by atoms with Crippen molar-refractivity contribution < 1.29 is 4.79 Å². The van der Waals surface area contributed by atoms with Gasteiger partial charge in [0.1, 0.15) is 4.88 Å². The number of hydrogen-bond donors (Lipinski definition) is 2. The Kier molecular flexibility index (Phi) is 4.68. The Labute approximate surface area is 122 Å². The van der Waals surface area contributed by atoms with E-state index in [0.29, 0.717) is 17.5 Å². The molecule has 0 aromatic carbocycles. The molecule has 2 heterocycles. The third-order valence-electron chi connectivity index (χ3n) is 2.62. The second-order valence-corrected chi connectivity index (χ2v) is 5.77. The number of pyridine rings is 1. The molecule has 0 spiro atoms. The zero-order valence-electron chi connectivity index (χ0n) is 11.8. The van der Waals surface area contributed by atoms with Crippen LogP contribution in [0.1, 0.15) is 34.8 Å². The second-order valence-electron chi connectivity index (χ2n) is 4.77. The normalized spacial score (nSPS) is 10.6. The van der Waals surface area contributed by atoms with Crippen LogP contribution in [0.25, 0.3) is 0 Å². The molecule has 2 aromatic heterocycles. The molecule has 0 atom stereocenters. The average Bonchev–Trinajstić information content (AvgIpc) is 2.77. The molecule has 0 aliphatic rings. The van der Waals surface area contributed by atoms with Gasteiger partial charge in [-0.1, -0.05) is 11.3 Å². The summed E-state index contributed by atoms with van der Waals surface area (Å²) in [6.07, 6.45) is 3.42. The van der Waals surface area contributed by atoms with Crippen molar-refractivity contribution >= 4 is 22.4 Å². The summed E-state index contributed by atoms with van der Waals surface area (Å²) in [7, 11) is 0. The lowest BCUT2D eigenvalue weighted by molar-refractivity contribution is 0.0954. The first-order valence-electron chi connectivity index (χ1n) is 6.47. The van der Waals surface area contributed by atoms with Gasteiger partial charge in [-0.25, -0.2) is 4.98 Å². The van der Waals surface area contributed by atoms with E-state index in [1.165, 1.54) is 11.3 Å². The molecule has 5 nitrogen and oxygen atoms in total. The molecule has 2 N–H and O–H groups in total. The smallest absolute Gasteiger partial charge is 0.263 e. The van der Waals surface area contributed by atoms with Crippen molar-refractivity contribution in [1.82, 2.24) is 15.3 Å². The van der Waals surface area contributed by atoms with Crippen LogP contribution in [0.2, 0.25) is 0 Å². The monoisotopic (exact) mass is 290 g/mol. The van der Waals surface area contributed by atoms with Gasteiger partial charge in [0.15, 0.2) is 5.13 Å². The zero-order valence-corrected chi connectivity index (χ0v) is 12.6. The first-order valence-corrected chi connectivity index (χ1v) is 7.29. The number of aryl methyl sites for hydroxylation is 1. The fourth-order valence-corrected chi connectivity index (χ4v) is 2.71. The number of thiazole rings is 1. The third kappa shape index (κ3) is 3.77. The topological polar surface area (TPSA) is 66.9 Å². The minimum atomic E-state index is -0.0892. The Bertz CT molecular complexity index is 580. The van der Waals surface area contributed by atoms with E-state index in [1.807, 2.05) is 32.9 Å². The molecule has 0 aliphatic carbocycles. The number of nitrogens with zero attached hydrogens (tertiary/aromatic N) is 2. The summed E-state index contributed by atoms with van der Waals surface area (Å²) >= 11 is 1.38. The quantitative estimate of drug-likeness (QED) is 0.888. The van der Waals surface area contributed by atoms with Crippen molar-refractivity contribution in [3.63, 3.8) is 0 Å². The van der Waals surface area contributed by atoms with Crippen LogP contribution in [0.4, 0.5) is 5.13 Å². The van der Waals surface area contributed by atoms with Gasteiger partial charge < -0.3 is 10.6 Å². The van der Waals surface area contributed by atoms with E-state index in [9.17, 15) is 4.79 Å². The summed E-state index contributed by atoms with van der Waals surface area (Å²) in [5, 5.41) is 6.90. The number of anilines is 1. The highest BCUT2D eigenvalue weighted by atomic mass is 32.1. The van der Waals surface area contributed by atoms with Crippen LogP contribution >= 0.6 is 11.3 Å². The molecule has 106 valence electrons. The summed E-state index contributed by atoms with van der Waals surface area (Å²) in [6, 6.07) is 4.06. The van der Waals surface area contributed by atoms with Crippen molar-refractivity contribution in [3.8, 4) is 0 Å². The number of rotatable bonds is 5. The molecule has 1 amide bonds. The van der Waals surface area contributed by atoms with Crippen molar-refractivity contribution in [2.75, 3.05) is 5.32 Å². The molecule has 0 aliphatic heterocycles. The maximum atomic E-state index is 12.2. The number of aromatic nitrogens is 2. The number of nitrogens with one attached hydrogen (secondary N) is 2. The Morgan fingerprint density at radius 3 is 2.70 bits per heavy atom. The van der Waals surface area contributed by atoms with E-state index < -0.39 is 0 Å². The van der Waals surface area contributed by atoms with Crippen LogP contribution in [-0.2, 0) is 6.54 Å². The van der Waals surface area contributed by atoms with Gasteiger partial charge in [-0.05, 0) is 38.5 Å². The van der Waals surface area contributed by atoms with Crippen LogP contribution in [0, 0.1) is 6.92 Å². The van der Waals surface area contributed by atoms with Gasteiger partial charge in [0, 0.05) is 25.0 Å². The molecule has 0 fully saturated rings. The highest BCUT2D eigenvalue weighted by Crippen LogP contribution is 2.23. The van der Waals surface area contributed by atoms with Crippen LogP contribution in [0.15, 0.2) is 24.5 Å². The first kappa shape index (κ1) is 14.5. The van der Waals surface area contributed by atoms with Crippen LogP contribution in [0.5, 0.6) is 0 Å². The number of carbonyl (C=O) groups is 1. The molecule has 6 heteroatoms. The van der Waals surface area contributed by atoms with Crippen molar-refractivity contribution in [2.45, 2.75) is 33.4 Å². The molecule has 0 radical (unpaired) electrons. The molecule has 0 bridgehead atoms. The molecule has 2 rings (SSSR count). The SMILES string of the molecule is Cc1nc(NC(C)C)sc1C(=O)NCc1ccncc1. The lowest BCUT2D eigenvalue weighted by Gasteiger charge is -2.04. The van der Waals surface area contributed by atoms with Gasteiger partial charge >= 0.3 is 0 Å². The lowest BCUT2D eigenvalue weighted by Crippen LogP contribution is -2.22. The number of amides is 1. The van der Waals surface area contributed by atoms with E-state index in [-0.39, 0.29) is 5.91 Å².